The Kier molecular flexibility index (Phi) is 8.20. The Morgan fingerprint density at radius 3 is 2.47 bits per heavy atom. The predicted molar refractivity (Wildman–Crippen MR) is 148 cm³/mol. The third-order valence-electron chi connectivity index (χ3n) is 6.20. The average Bonchev–Trinajstić information content (AvgIpc) is 3.19. The van der Waals surface area contributed by atoms with Crippen molar-refractivity contribution in [2.45, 2.75) is 44.7 Å². The lowest BCUT2D eigenvalue weighted by Gasteiger charge is -2.15. The first kappa shape index (κ1) is 27.0. The van der Waals surface area contributed by atoms with E-state index in [2.05, 4.69) is 33.3 Å². The number of aromatic nitrogens is 1. The Bertz CT molecular complexity index is 1630. The molecule has 3 aromatic carbocycles. The van der Waals surface area contributed by atoms with Gasteiger partial charge in [0.25, 0.3) is 0 Å². The molecule has 0 fully saturated rings. The van der Waals surface area contributed by atoms with E-state index in [1.54, 1.807) is 6.92 Å². The number of ether oxygens (including phenoxy) is 1. The van der Waals surface area contributed by atoms with Crippen LogP contribution in [0.5, 0.6) is 5.75 Å². The smallest absolute Gasteiger partial charge is 0.322 e. The van der Waals surface area contributed by atoms with E-state index in [4.69, 9.17) is 4.74 Å². The number of nitrogens with one attached hydrogen (secondary N) is 1. The zero-order valence-electron chi connectivity index (χ0n) is 21.6. The van der Waals surface area contributed by atoms with E-state index in [0.29, 0.717) is 12.3 Å². The van der Waals surface area contributed by atoms with Gasteiger partial charge in [-0.1, -0.05) is 47.4 Å². The fraction of sp³-hybridized carbons (Fsp3) is 0.233. The van der Waals surface area contributed by atoms with Crippen LogP contribution >= 0.6 is 0 Å². The number of hydrogen-bond acceptors (Lipinski definition) is 4. The molecule has 1 aromatic heterocycles. The molecule has 4 rings (SSSR count). The van der Waals surface area contributed by atoms with E-state index in [0.717, 1.165) is 33.2 Å². The zero-order valence-corrected chi connectivity index (χ0v) is 22.4. The van der Waals surface area contributed by atoms with Crippen LogP contribution < -0.4 is 9.46 Å². The SMILES string of the molecule is CC#CCOc1ccc(S(=O)(=O)N[C@@H](Cc2cn(Cc3cccc(C)c3)c3ccc(C)cc23)C(=O)O)cc1. The summed E-state index contributed by atoms with van der Waals surface area (Å²) >= 11 is 0. The Labute approximate surface area is 223 Å². The number of benzene rings is 3. The first-order valence-electron chi connectivity index (χ1n) is 12.2. The molecule has 196 valence electrons. The minimum Gasteiger partial charge on any atom is -0.481 e. The van der Waals surface area contributed by atoms with Crippen molar-refractivity contribution in [1.82, 2.24) is 9.29 Å². The zero-order chi connectivity index (χ0) is 27.3. The molecular weight excluding hydrogens is 500 g/mol. The number of sulfonamides is 1. The maximum Gasteiger partial charge on any atom is 0.322 e. The van der Waals surface area contributed by atoms with E-state index < -0.39 is 22.0 Å². The third kappa shape index (κ3) is 6.43. The monoisotopic (exact) mass is 530 g/mol. The Morgan fingerprint density at radius 2 is 1.79 bits per heavy atom. The molecule has 1 heterocycles. The van der Waals surface area contributed by atoms with Gasteiger partial charge in [-0.3, -0.25) is 4.79 Å². The molecule has 0 aliphatic rings. The second kappa shape index (κ2) is 11.5. The van der Waals surface area contributed by atoms with Crippen molar-refractivity contribution in [3.05, 3.63) is 95.2 Å². The van der Waals surface area contributed by atoms with Crippen molar-refractivity contribution in [2.24, 2.45) is 0 Å². The molecule has 2 N–H and O–H groups in total. The van der Waals surface area contributed by atoms with Crippen LogP contribution in [0.25, 0.3) is 10.9 Å². The van der Waals surface area contributed by atoms with Gasteiger partial charge in [0, 0.05) is 30.1 Å². The summed E-state index contributed by atoms with van der Waals surface area (Å²) < 4.78 is 36.0. The molecule has 0 amide bonds. The summed E-state index contributed by atoms with van der Waals surface area (Å²) in [7, 11) is -4.10. The largest absolute Gasteiger partial charge is 0.481 e. The molecule has 4 aromatic rings. The van der Waals surface area contributed by atoms with E-state index in [-0.39, 0.29) is 17.9 Å². The molecule has 0 saturated heterocycles. The molecule has 1 atom stereocenters. The van der Waals surface area contributed by atoms with Crippen LogP contribution in [-0.2, 0) is 27.8 Å². The summed E-state index contributed by atoms with van der Waals surface area (Å²) in [6.45, 7) is 6.52. The van der Waals surface area contributed by atoms with Crippen molar-refractivity contribution in [2.75, 3.05) is 6.61 Å². The van der Waals surface area contributed by atoms with Crippen LogP contribution in [0, 0.1) is 25.7 Å². The van der Waals surface area contributed by atoms with Crippen LogP contribution in [0.15, 0.2) is 77.8 Å². The van der Waals surface area contributed by atoms with Crippen LogP contribution in [0.3, 0.4) is 0 Å². The molecule has 0 saturated carbocycles. The lowest BCUT2D eigenvalue weighted by molar-refractivity contribution is -0.138. The van der Waals surface area contributed by atoms with E-state index >= 15 is 0 Å². The molecular formula is C30H30N2O5S. The Balaban J connectivity index is 1.60. The predicted octanol–water partition coefficient (Wildman–Crippen LogP) is 4.68. The molecule has 0 aliphatic heterocycles. The maximum atomic E-state index is 13.1. The topological polar surface area (TPSA) is 97.6 Å². The first-order valence-corrected chi connectivity index (χ1v) is 13.7. The van der Waals surface area contributed by atoms with Crippen molar-refractivity contribution in [1.29, 1.82) is 0 Å². The van der Waals surface area contributed by atoms with E-state index in [1.807, 2.05) is 50.4 Å². The molecule has 0 aliphatic carbocycles. The van der Waals surface area contributed by atoms with Gasteiger partial charge >= 0.3 is 5.97 Å². The minimum atomic E-state index is -4.10. The minimum absolute atomic E-state index is 0.00772. The summed E-state index contributed by atoms with van der Waals surface area (Å²) in [6, 6.07) is 18.7. The maximum absolute atomic E-state index is 13.1. The van der Waals surface area contributed by atoms with Gasteiger partial charge in [-0.15, -0.1) is 5.92 Å². The molecule has 0 radical (unpaired) electrons. The fourth-order valence-corrected chi connectivity index (χ4v) is 5.54. The summed E-state index contributed by atoms with van der Waals surface area (Å²) in [5.74, 6) is 4.70. The van der Waals surface area contributed by atoms with Gasteiger partial charge in [-0.2, -0.15) is 4.72 Å². The average molecular weight is 531 g/mol. The normalized spacial score (nSPS) is 12.1. The second-order valence-electron chi connectivity index (χ2n) is 9.19. The molecule has 0 unspecified atom stereocenters. The van der Waals surface area contributed by atoms with Gasteiger partial charge < -0.3 is 14.4 Å². The molecule has 0 spiro atoms. The summed E-state index contributed by atoms with van der Waals surface area (Å²) in [5.41, 5.74) is 5.03. The van der Waals surface area contributed by atoms with Crippen molar-refractivity contribution < 1.29 is 23.1 Å². The molecule has 8 heteroatoms. The third-order valence-corrected chi connectivity index (χ3v) is 7.68. The van der Waals surface area contributed by atoms with Crippen LogP contribution in [0.4, 0.5) is 0 Å². The van der Waals surface area contributed by atoms with Gasteiger partial charge in [0.05, 0.1) is 4.90 Å². The van der Waals surface area contributed by atoms with Crippen LogP contribution in [0.2, 0.25) is 0 Å². The van der Waals surface area contributed by atoms with Gasteiger partial charge in [-0.25, -0.2) is 8.42 Å². The number of rotatable bonds is 10. The molecule has 7 nitrogen and oxygen atoms in total. The van der Waals surface area contributed by atoms with Crippen molar-refractivity contribution >= 4 is 26.9 Å². The van der Waals surface area contributed by atoms with Gasteiger partial charge in [-0.05, 0) is 68.3 Å². The number of nitrogens with zero attached hydrogens (tertiary/aromatic N) is 1. The summed E-state index contributed by atoms with van der Waals surface area (Å²) in [6.07, 6.45) is 1.91. The molecule has 0 bridgehead atoms. The molecule has 38 heavy (non-hydrogen) atoms. The van der Waals surface area contributed by atoms with E-state index in [9.17, 15) is 18.3 Å². The number of hydrogen-bond donors (Lipinski definition) is 2. The number of aliphatic carboxylic acids is 1. The highest BCUT2D eigenvalue weighted by molar-refractivity contribution is 7.89. The van der Waals surface area contributed by atoms with Crippen LogP contribution in [-0.4, -0.2) is 36.7 Å². The lowest BCUT2D eigenvalue weighted by Crippen LogP contribution is -2.42. The first-order chi connectivity index (χ1) is 18.2. The van der Waals surface area contributed by atoms with Crippen LogP contribution in [0.1, 0.15) is 29.2 Å². The Hall–Kier alpha value is -4.06. The highest BCUT2D eigenvalue weighted by Gasteiger charge is 2.27. The van der Waals surface area contributed by atoms with Gasteiger partial charge in [0.1, 0.15) is 18.4 Å². The summed E-state index contributed by atoms with van der Waals surface area (Å²) in [5, 5.41) is 10.8. The Morgan fingerprint density at radius 1 is 1.05 bits per heavy atom. The number of carboxylic acids is 1. The highest BCUT2D eigenvalue weighted by Crippen LogP contribution is 2.26. The van der Waals surface area contributed by atoms with E-state index in [1.165, 1.54) is 24.3 Å². The summed E-state index contributed by atoms with van der Waals surface area (Å²) in [4.78, 5) is 12.1. The standard InChI is InChI=1S/C30H30N2O5S/c1-4-5-15-37-25-10-12-26(13-11-25)38(35,36)31-28(30(33)34)18-24-20-32(19-23-8-6-7-21(2)16-23)29-14-9-22(3)17-27(24)29/h6-14,16-17,20,28,31H,15,18-19H2,1-3H3,(H,33,34)/t28-/m0/s1. The highest BCUT2D eigenvalue weighted by atomic mass is 32.2. The van der Waals surface area contributed by atoms with Gasteiger partial charge in [0.15, 0.2) is 0 Å². The number of carbonyl (C=O) groups is 1. The quantitative estimate of drug-likeness (QED) is 0.290. The lowest BCUT2D eigenvalue weighted by atomic mass is 10.0. The van der Waals surface area contributed by atoms with Gasteiger partial charge in [0.2, 0.25) is 10.0 Å². The fourth-order valence-electron chi connectivity index (χ4n) is 4.35. The van der Waals surface area contributed by atoms with Crippen molar-refractivity contribution in [3.8, 4) is 17.6 Å². The number of carboxylic acid groups (broad SMARTS) is 1. The van der Waals surface area contributed by atoms with Crippen molar-refractivity contribution in [3.63, 3.8) is 0 Å². The number of aryl methyl sites for hydroxylation is 2. The second-order valence-corrected chi connectivity index (χ2v) is 10.9. The number of fused-ring (bicyclic) bond motifs is 1.